The van der Waals surface area contributed by atoms with Crippen LogP contribution in [0.3, 0.4) is 0 Å². The smallest absolute Gasteiger partial charge is 0.0991 e. The molecule has 0 fully saturated rings. The van der Waals surface area contributed by atoms with Crippen LogP contribution in [0.4, 0.5) is 0 Å². The molecule has 0 unspecified atom stereocenters. The summed E-state index contributed by atoms with van der Waals surface area (Å²) in [6, 6.07) is 22.0. The van der Waals surface area contributed by atoms with Crippen LogP contribution in [0.2, 0.25) is 0 Å². The van der Waals surface area contributed by atoms with Gasteiger partial charge in [-0.3, -0.25) is 4.98 Å². The molecule has 1 heterocycles. The molecule has 0 aliphatic rings. The summed E-state index contributed by atoms with van der Waals surface area (Å²) in [6.07, 6.45) is 1.91. The molecule has 2 heteroatoms. The van der Waals surface area contributed by atoms with E-state index in [1.54, 1.807) is 0 Å². The number of benzene rings is 2. The van der Waals surface area contributed by atoms with Gasteiger partial charge in [0.05, 0.1) is 17.3 Å². The Morgan fingerprint density at radius 2 is 1.62 bits per heavy atom. The lowest BCUT2D eigenvalue weighted by Gasteiger charge is -2.08. The molecule has 0 saturated heterocycles. The first-order valence-corrected chi connectivity index (χ1v) is 6.80. The van der Waals surface area contributed by atoms with E-state index in [9.17, 15) is 0 Å². The molecule has 21 heavy (non-hydrogen) atoms. The normalized spacial score (nSPS) is 10.1. The predicted octanol–water partition coefficient (Wildman–Crippen LogP) is 4.60. The molecule has 2 aromatic carbocycles. The van der Waals surface area contributed by atoms with Crippen molar-refractivity contribution in [3.05, 3.63) is 78.0 Å². The SMILES string of the molecule is Cc1cc(-c2ccc(C#N)cc2)ncc1-c1ccccc1. The Morgan fingerprint density at radius 1 is 0.905 bits per heavy atom. The molecule has 0 atom stereocenters. The lowest BCUT2D eigenvalue weighted by atomic mass is 10.0. The summed E-state index contributed by atoms with van der Waals surface area (Å²) < 4.78 is 0. The van der Waals surface area contributed by atoms with Crippen molar-refractivity contribution in [1.82, 2.24) is 4.98 Å². The Bertz CT molecular complexity index is 797. The van der Waals surface area contributed by atoms with Gasteiger partial charge in [-0.2, -0.15) is 5.26 Å². The van der Waals surface area contributed by atoms with E-state index < -0.39 is 0 Å². The Kier molecular flexibility index (Phi) is 3.49. The second-order valence-corrected chi connectivity index (χ2v) is 4.94. The number of aromatic nitrogens is 1. The maximum atomic E-state index is 8.84. The zero-order valence-corrected chi connectivity index (χ0v) is 11.7. The highest BCUT2D eigenvalue weighted by Gasteiger charge is 2.05. The Hall–Kier alpha value is -2.92. The van der Waals surface area contributed by atoms with Crippen molar-refractivity contribution in [2.24, 2.45) is 0 Å². The van der Waals surface area contributed by atoms with Gasteiger partial charge in [-0.25, -0.2) is 0 Å². The molecule has 0 aliphatic carbocycles. The van der Waals surface area contributed by atoms with E-state index in [-0.39, 0.29) is 0 Å². The van der Waals surface area contributed by atoms with Gasteiger partial charge in [-0.1, -0.05) is 42.5 Å². The van der Waals surface area contributed by atoms with Crippen molar-refractivity contribution in [2.45, 2.75) is 6.92 Å². The fourth-order valence-corrected chi connectivity index (χ4v) is 2.35. The van der Waals surface area contributed by atoms with Crippen LogP contribution < -0.4 is 0 Å². The van der Waals surface area contributed by atoms with Gasteiger partial charge < -0.3 is 0 Å². The topological polar surface area (TPSA) is 36.7 Å². The molecule has 0 spiro atoms. The van der Waals surface area contributed by atoms with E-state index in [0.717, 1.165) is 16.8 Å². The lowest BCUT2D eigenvalue weighted by molar-refractivity contribution is 1.28. The van der Waals surface area contributed by atoms with Crippen LogP contribution in [0.15, 0.2) is 66.9 Å². The van der Waals surface area contributed by atoms with E-state index >= 15 is 0 Å². The first kappa shape index (κ1) is 13.1. The number of aryl methyl sites for hydroxylation is 1. The highest BCUT2D eigenvalue weighted by atomic mass is 14.7. The highest BCUT2D eigenvalue weighted by molar-refractivity contribution is 5.70. The van der Waals surface area contributed by atoms with Gasteiger partial charge in [0.15, 0.2) is 0 Å². The number of hydrogen-bond acceptors (Lipinski definition) is 2. The van der Waals surface area contributed by atoms with E-state index in [0.29, 0.717) is 5.56 Å². The third-order valence-corrected chi connectivity index (χ3v) is 3.51. The number of pyridine rings is 1. The van der Waals surface area contributed by atoms with E-state index in [1.165, 1.54) is 11.1 Å². The minimum absolute atomic E-state index is 0.663. The average Bonchev–Trinajstić information content (AvgIpc) is 2.55. The van der Waals surface area contributed by atoms with Crippen LogP contribution in [-0.4, -0.2) is 4.98 Å². The van der Waals surface area contributed by atoms with Crippen LogP contribution in [0, 0.1) is 18.3 Å². The van der Waals surface area contributed by atoms with E-state index in [1.807, 2.05) is 48.7 Å². The van der Waals surface area contributed by atoms with Gasteiger partial charge in [-0.15, -0.1) is 0 Å². The molecular weight excluding hydrogens is 256 g/mol. The van der Waals surface area contributed by atoms with Crippen LogP contribution in [0.5, 0.6) is 0 Å². The van der Waals surface area contributed by atoms with E-state index in [2.05, 4.69) is 36.2 Å². The fraction of sp³-hybridized carbons (Fsp3) is 0.0526. The molecule has 100 valence electrons. The molecule has 0 saturated carbocycles. The Labute approximate surface area is 124 Å². The van der Waals surface area contributed by atoms with Crippen LogP contribution in [-0.2, 0) is 0 Å². The molecule has 2 nitrogen and oxygen atoms in total. The minimum Gasteiger partial charge on any atom is -0.256 e. The van der Waals surface area contributed by atoms with Gasteiger partial charge in [0.25, 0.3) is 0 Å². The second kappa shape index (κ2) is 5.60. The first-order chi connectivity index (χ1) is 10.3. The Balaban J connectivity index is 1.99. The van der Waals surface area contributed by atoms with E-state index in [4.69, 9.17) is 5.26 Å². The van der Waals surface area contributed by atoms with Crippen molar-refractivity contribution in [2.75, 3.05) is 0 Å². The monoisotopic (exact) mass is 270 g/mol. The van der Waals surface area contributed by atoms with Crippen molar-refractivity contribution in [3.63, 3.8) is 0 Å². The van der Waals surface area contributed by atoms with Crippen LogP contribution in [0.1, 0.15) is 11.1 Å². The number of nitrogens with zero attached hydrogens (tertiary/aromatic N) is 2. The zero-order chi connectivity index (χ0) is 14.7. The summed E-state index contributed by atoms with van der Waals surface area (Å²) in [5.41, 5.74) is 6.13. The van der Waals surface area contributed by atoms with Crippen molar-refractivity contribution < 1.29 is 0 Å². The highest BCUT2D eigenvalue weighted by Crippen LogP contribution is 2.26. The van der Waals surface area contributed by atoms with Gasteiger partial charge in [-0.05, 0) is 36.2 Å². The molecule has 3 aromatic rings. The standard InChI is InChI=1S/C19H14N2/c1-14-11-19(17-9-7-15(12-20)8-10-17)21-13-18(14)16-5-3-2-4-6-16/h2-11,13H,1H3. The summed E-state index contributed by atoms with van der Waals surface area (Å²) in [5.74, 6) is 0. The summed E-state index contributed by atoms with van der Waals surface area (Å²) in [7, 11) is 0. The maximum absolute atomic E-state index is 8.84. The third kappa shape index (κ3) is 2.68. The zero-order valence-electron chi connectivity index (χ0n) is 11.7. The summed E-state index contributed by atoms with van der Waals surface area (Å²) >= 11 is 0. The summed E-state index contributed by atoms with van der Waals surface area (Å²) in [6.45, 7) is 2.09. The fourth-order valence-electron chi connectivity index (χ4n) is 2.35. The number of nitriles is 1. The molecule has 0 amide bonds. The molecule has 3 rings (SSSR count). The average molecular weight is 270 g/mol. The van der Waals surface area contributed by atoms with Gasteiger partial charge in [0, 0.05) is 17.3 Å². The summed E-state index contributed by atoms with van der Waals surface area (Å²) in [5, 5.41) is 8.84. The molecule has 0 aliphatic heterocycles. The number of hydrogen-bond donors (Lipinski definition) is 0. The largest absolute Gasteiger partial charge is 0.256 e. The van der Waals surface area contributed by atoms with Crippen molar-refractivity contribution >= 4 is 0 Å². The van der Waals surface area contributed by atoms with Crippen LogP contribution in [0.25, 0.3) is 22.4 Å². The molecule has 1 aromatic heterocycles. The molecular formula is C19H14N2. The molecule has 0 N–H and O–H groups in total. The van der Waals surface area contributed by atoms with Crippen LogP contribution >= 0.6 is 0 Å². The van der Waals surface area contributed by atoms with Gasteiger partial charge in [0.1, 0.15) is 0 Å². The van der Waals surface area contributed by atoms with Gasteiger partial charge in [0.2, 0.25) is 0 Å². The lowest BCUT2D eigenvalue weighted by Crippen LogP contribution is -1.89. The Morgan fingerprint density at radius 3 is 2.24 bits per heavy atom. The third-order valence-electron chi connectivity index (χ3n) is 3.51. The molecule has 0 radical (unpaired) electrons. The summed E-state index contributed by atoms with van der Waals surface area (Å²) in [4.78, 5) is 4.56. The van der Waals surface area contributed by atoms with Gasteiger partial charge >= 0.3 is 0 Å². The quantitative estimate of drug-likeness (QED) is 0.682. The maximum Gasteiger partial charge on any atom is 0.0991 e. The predicted molar refractivity (Wildman–Crippen MR) is 84.6 cm³/mol. The first-order valence-electron chi connectivity index (χ1n) is 6.80. The van der Waals surface area contributed by atoms with Crippen molar-refractivity contribution in [1.29, 1.82) is 5.26 Å². The minimum atomic E-state index is 0.663. The second-order valence-electron chi connectivity index (χ2n) is 4.94. The van der Waals surface area contributed by atoms with Crippen molar-refractivity contribution in [3.8, 4) is 28.5 Å². The number of rotatable bonds is 2. The molecule has 0 bridgehead atoms.